The van der Waals surface area contributed by atoms with Gasteiger partial charge in [0.05, 0.1) is 18.6 Å². The molecule has 25 heavy (non-hydrogen) atoms. The molecule has 140 valence electrons. The fourth-order valence-corrected chi connectivity index (χ4v) is 3.11. The van der Waals surface area contributed by atoms with E-state index in [2.05, 4.69) is 4.90 Å². The molecule has 0 aliphatic carbocycles. The van der Waals surface area contributed by atoms with Crippen molar-refractivity contribution in [1.29, 1.82) is 0 Å². The fraction of sp³-hybridized carbons (Fsp3) is 0.632. The number of amides is 1. The van der Waals surface area contributed by atoms with Crippen LogP contribution < -0.4 is 9.47 Å². The SMILES string of the molecule is CCOc1ccccc1OCCN1CCCC(O)(CC(=O)N(C)C)C1. The van der Waals surface area contributed by atoms with Gasteiger partial charge in [-0.1, -0.05) is 12.1 Å². The van der Waals surface area contributed by atoms with Crippen molar-refractivity contribution in [2.45, 2.75) is 31.8 Å². The van der Waals surface area contributed by atoms with Gasteiger partial charge in [-0.25, -0.2) is 0 Å². The maximum atomic E-state index is 11.9. The lowest BCUT2D eigenvalue weighted by Gasteiger charge is -2.39. The number of rotatable bonds is 8. The van der Waals surface area contributed by atoms with Crippen LogP contribution in [0, 0.1) is 0 Å². The van der Waals surface area contributed by atoms with Crippen LogP contribution >= 0.6 is 0 Å². The molecule has 6 nitrogen and oxygen atoms in total. The maximum absolute atomic E-state index is 11.9. The predicted octanol–water partition coefficient (Wildman–Crippen LogP) is 1.77. The molecule has 0 bridgehead atoms. The van der Waals surface area contributed by atoms with E-state index in [-0.39, 0.29) is 12.3 Å². The molecule has 1 aliphatic heterocycles. The normalized spacial score (nSPS) is 21.0. The Kier molecular flexibility index (Phi) is 7.08. The second-order valence-electron chi connectivity index (χ2n) is 6.80. The van der Waals surface area contributed by atoms with Gasteiger partial charge in [0.1, 0.15) is 6.61 Å². The lowest BCUT2D eigenvalue weighted by atomic mass is 9.89. The second-order valence-corrected chi connectivity index (χ2v) is 6.80. The van der Waals surface area contributed by atoms with Crippen molar-refractivity contribution in [1.82, 2.24) is 9.80 Å². The Balaban J connectivity index is 1.84. The zero-order chi connectivity index (χ0) is 18.3. The van der Waals surface area contributed by atoms with Crippen LogP contribution in [0.1, 0.15) is 26.2 Å². The molecule has 0 aromatic heterocycles. The summed E-state index contributed by atoms with van der Waals surface area (Å²) in [6, 6.07) is 7.63. The Bertz CT molecular complexity index is 564. The highest BCUT2D eigenvalue weighted by Crippen LogP contribution is 2.27. The minimum Gasteiger partial charge on any atom is -0.490 e. The third kappa shape index (κ3) is 5.90. The largest absolute Gasteiger partial charge is 0.490 e. The van der Waals surface area contributed by atoms with Crippen molar-refractivity contribution in [2.75, 3.05) is 46.9 Å². The molecule has 1 atom stereocenters. The first-order valence-electron chi connectivity index (χ1n) is 8.93. The van der Waals surface area contributed by atoms with Gasteiger partial charge in [0.25, 0.3) is 0 Å². The van der Waals surface area contributed by atoms with Gasteiger partial charge in [-0.05, 0) is 38.4 Å². The zero-order valence-corrected chi connectivity index (χ0v) is 15.5. The summed E-state index contributed by atoms with van der Waals surface area (Å²) >= 11 is 0. The van der Waals surface area contributed by atoms with E-state index in [0.29, 0.717) is 32.7 Å². The number of aliphatic hydroxyl groups is 1. The number of piperidine rings is 1. The quantitative estimate of drug-likeness (QED) is 0.774. The Labute approximate surface area is 150 Å². The molecule has 1 N–H and O–H groups in total. The summed E-state index contributed by atoms with van der Waals surface area (Å²) in [5, 5.41) is 10.7. The topological polar surface area (TPSA) is 62.2 Å². The van der Waals surface area contributed by atoms with Crippen LogP contribution in [0.15, 0.2) is 24.3 Å². The average molecular weight is 350 g/mol. The van der Waals surface area contributed by atoms with Gasteiger partial charge in [0.2, 0.25) is 5.91 Å². The van der Waals surface area contributed by atoms with E-state index in [9.17, 15) is 9.90 Å². The molecular formula is C19H30N2O4. The first kappa shape index (κ1) is 19.5. The molecule has 1 aliphatic rings. The molecular weight excluding hydrogens is 320 g/mol. The molecule has 1 saturated heterocycles. The number of carbonyl (C=O) groups excluding carboxylic acids is 1. The molecule has 6 heteroatoms. The van der Waals surface area contributed by atoms with Crippen molar-refractivity contribution in [3.63, 3.8) is 0 Å². The van der Waals surface area contributed by atoms with Gasteiger partial charge in [0, 0.05) is 27.2 Å². The highest BCUT2D eigenvalue weighted by molar-refractivity contribution is 5.76. The monoisotopic (exact) mass is 350 g/mol. The van der Waals surface area contributed by atoms with E-state index in [1.807, 2.05) is 31.2 Å². The van der Waals surface area contributed by atoms with E-state index in [1.165, 1.54) is 4.90 Å². The summed E-state index contributed by atoms with van der Waals surface area (Å²) in [5.74, 6) is 1.45. The molecule has 1 aromatic carbocycles. The lowest BCUT2D eigenvalue weighted by molar-refractivity contribution is -0.136. The molecule has 1 amide bonds. The molecule has 1 aromatic rings. The van der Waals surface area contributed by atoms with E-state index >= 15 is 0 Å². The Morgan fingerprint density at radius 1 is 1.28 bits per heavy atom. The second kappa shape index (κ2) is 9.06. The van der Waals surface area contributed by atoms with E-state index < -0.39 is 5.60 Å². The van der Waals surface area contributed by atoms with Gasteiger partial charge in [-0.3, -0.25) is 9.69 Å². The molecule has 1 heterocycles. The zero-order valence-electron chi connectivity index (χ0n) is 15.5. The van der Waals surface area contributed by atoms with E-state index in [4.69, 9.17) is 9.47 Å². The van der Waals surface area contributed by atoms with Gasteiger partial charge >= 0.3 is 0 Å². The number of likely N-dealkylation sites (tertiary alicyclic amines) is 1. The van der Waals surface area contributed by atoms with Crippen molar-refractivity contribution in [2.24, 2.45) is 0 Å². The maximum Gasteiger partial charge on any atom is 0.224 e. The highest BCUT2D eigenvalue weighted by atomic mass is 16.5. The van der Waals surface area contributed by atoms with Crippen LogP contribution in [0.4, 0.5) is 0 Å². The van der Waals surface area contributed by atoms with Gasteiger partial charge < -0.3 is 19.5 Å². The Morgan fingerprint density at radius 2 is 1.96 bits per heavy atom. The minimum atomic E-state index is -0.942. The number of para-hydroxylation sites is 2. The molecule has 2 rings (SSSR count). The third-order valence-corrected chi connectivity index (χ3v) is 4.43. The summed E-state index contributed by atoms with van der Waals surface area (Å²) in [4.78, 5) is 15.6. The highest BCUT2D eigenvalue weighted by Gasteiger charge is 2.35. The summed E-state index contributed by atoms with van der Waals surface area (Å²) in [5.41, 5.74) is -0.942. The first-order valence-corrected chi connectivity index (χ1v) is 8.93. The summed E-state index contributed by atoms with van der Waals surface area (Å²) in [6.07, 6.45) is 1.72. The van der Waals surface area contributed by atoms with Gasteiger partial charge in [-0.2, -0.15) is 0 Å². The minimum absolute atomic E-state index is 0.0359. The van der Waals surface area contributed by atoms with Crippen LogP contribution in [0.5, 0.6) is 11.5 Å². The van der Waals surface area contributed by atoms with Crippen LogP contribution in [-0.4, -0.2) is 73.4 Å². The van der Waals surface area contributed by atoms with Gasteiger partial charge in [0.15, 0.2) is 11.5 Å². The molecule has 1 unspecified atom stereocenters. The summed E-state index contributed by atoms with van der Waals surface area (Å²) in [6.45, 7) is 5.18. The number of hydrogen-bond donors (Lipinski definition) is 1. The number of hydrogen-bond acceptors (Lipinski definition) is 5. The Morgan fingerprint density at radius 3 is 2.60 bits per heavy atom. The van der Waals surface area contributed by atoms with Crippen LogP contribution in [0.25, 0.3) is 0 Å². The molecule has 0 saturated carbocycles. The molecule has 1 fully saturated rings. The van der Waals surface area contributed by atoms with Crippen molar-refractivity contribution >= 4 is 5.91 Å². The number of β-amino-alcohol motifs (C(OH)–C–C–N with tert-alkyl or cyclic N) is 1. The smallest absolute Gasteiger partial charge is 0.224 e. The van der Waals surface area contributed by atoms with Crippen LogP contribution in [-0.2, 0) is 4.79 Å². The first-order chi connectivity index (χ1) is 11.9. The fourth-order valence-electron chi connectivity index (χ4n) is 3.11. The van der Waals surface area contributed by atoms with Crippen molar-refractivity contribution in [3.8, 4) is 11.5 Å². The van der Waals surface area contributed by atoms with E-state index in [1.54, 1.807) is 14.1 Å². The van der Waals surface area contributed by atoms with Crippen LogP contribution in [0.2, 0.25) is 0 Å². The molecule has 0 radical (unpaired) electrons. The number of ether oxygens (including phenoxy) is 2. The van der Waals surface area contributed by atoms with Gasteiger partial charge in [-0.15, -0.1) is 0 Å². The summed E-state index contributed by atoms with van der Waals surface area (Å²) in [7, 11) is 3.44. The standard InChI is InChI=1S/C19H30N2O4/c1-4-24-16-8-5-6-9-17(16)25-13-12-21-11-7-10-19(23,15-21)14-18(22)20(2)3/h5-6,8-9,23H,4,7,10-15H2,1-3H3. The Hall–Kier alpha value is -1.79. The van der Waals surface area contributed by atoms with E-state index in [0.717, 1.165) is 24.5 Å². The summed E-state index contributed by atoms with van der Waals surface area (Å²) < 4.78 is 11.4. The average Bonchev–Trinajstić information content (AvgIpc) is 2.56. The predicted molar refractivity (Wildman–Crippen MR) is 97.0 cm³/mol. The molecule has 0 spiro atoms. The van der Waals surface area contributed by atoms with Crippen LogP contribution in [0.3, 0.4) is 0 Å². The third-order valence-electron chi connectivity index (χ3n) is 4.43. The van der Waals surface area contributed by atoms with Crippen molar-refractivity contribution in [3.05, 3.63) is 24.3 Å². The number of benzene rings is 1. The van der Waals surface area contributed by atoms with Crippen molar-refractivity contribution < 1.29 is 19.4 Å². The lowest BCUT2D eigenvalue weighted by Crippen LogP contribution is -2.51. The number of nitrogens with zero attached hydrogens (tertiary/aromatic N) is 2. The number of carbonyl (C=O) groups is 1.